The first-order valence-electron chi connectivity index (χ1n) is 5.61. The molecule has 0 saturated carbocycles. The molecule has 0 aliphatic carbocycles. The molecule has 1 unspecified atom stereocenters. The van der Waals surface area contributed by atoms with Crippen LogP contribution in [0.3, 0.4) is 0 Å². The van der Waals surface area contributed by atoms with Crippen LogP contribution in [0.2, 0.25) is 0 Å². The standard InChI is InChI=1S/C11H18O8/c1-10(2,3)6-7(14-4)8(12)16-17-9(13)11(15-5)18-19-11/h7H,6H2,1-5H3. The maximum atomic E-state index is 11.6. The number of hydrogen-bond acceptors (Lipinski definition) is 8. The predicted molar refractivity (Wildman–Crippen MR) is 59.0 cm³/mol. The molecule has 1 aliphatic heterocycles. The van der Waals surface area contributed by atoms with E-state index >= 15 is 0 Å². The Balaban J connectivity index is 2.43. The van der Waals surface area contributed by atoms with E-state index in [1.165, 1.54) is 14.2 Å². The van der Waals surface area contributed by atoms with Crippen LogP contribution in [0.15, 0.2) is 0 Å². The van der Waals surface area contributed by atoms with Crippen molar-refractivity contribution < 1.29 is 38.6 Å². The Morgan fingerprint density at radius 2 is 1.74 bits per heavy atom. The minimum Gasteiger partial charge on any atom is -0.370 e. The van der Waals surface area contributed by atoms with E-state index in [1.807, 2.05) is 20.8 Å². The van der Waals surface area contributed by atoms with Crippen LogP contribution in [0.1, 0.15) is 27.2 Å². The Labute approximate surface area is 110 Å². The van der Waals surface area contributed by atoms with E-state index in [1.54, 1.807) is 0 Å². The molecule has 0 amide bonds. The first kappa shape index (κ1) is 15.8. The zero-order valence-electron chi connectivity index (χ0n) is 11.6. The molecule has 0 aromatic heterocycles. The molecule has 0 spiro atoms. The van der Waals surface area contributed by atoms with Gasteiger partial charge in [-0.15, -0.1) is 0 Å². The maximum Gasteiger partial charge on any atom is 0.449 e. The van der Waals surface area contributed by atoms with Crippen molar-refractivity contribution in [1.82, 2.24) is 0 Å². The fourth-order valence-corrected chi connectivity index (χ4v) is 1.26. The second-order valence-corrected chi connectivity index (χ2v) is 5.19. The molecule has 0 bridgehead atoms. The Morgan fingerprint density at radius 1 is 1.16 bits per heavy atom. The molecule has 8 nitrogen and oxygen atoms in total. The van der Waals surface area contributed by atoms with E-state index < -0.39 is 24.0 Å². The van der Waals surface area contributed by atoms with Gasteiger partial charge >= 0.3 is 17.9 Å². The molecule has 1 fully saturated rings. The van der Waals surface area contributed by atoms with Crippen LogP contribution in [0, 0.1) is 5.41 Å². The molecule has 0 aromatic rings. The van der Waals surface area contributed by atoms with Crippen molar-refractivity contribution in [3.8, 4) is 0 Å². The van der Waals surface area contributed by atoms with Crippen molar-refractivity contribution in [3.05, 3.63) is 0 Å². The molecule has 1 aliphatic rings. The molecule has 110 valence electrons. The number of hydrogen-bond donors (Lipinski definition) is 0. The summed E-state index contributed by atoms with van der Waals surface area (Å²) in [7, 11) is 2.54. The summed E-state index contributed by atoms with van der Waals surface area (Å²) in [5.74, 6) is -3.86. The second-order valence-electron chi connectivity index (χ2n) is 5.19. The van der Waals surface area contributed by atoms with Crippen LogP contribution in [0.5, 0.6) is 0 Å². The van der Waals surface area contributed by atoms with Gasteiger partial charge in [0, 0.05) is 14.2 Å². The zero-order valence-corrected chi connectivity index (χ0v) is 11.6. The lowest BCUT2D eigenvalue weighted by atomic mass is 9.89. The fourth-order valence-electron chi connectivity index (χ4n) is 1.26. The topological polar surface area (TPSA) is 96.1 Å². The van der Waals surface area contributed by atoms with Crippen LogP contribution < -0.4 is 0 Å². The first-order valence-corrected chi connectivity index (χ1v) is 5.61. The third-order valence-corrected chi connectivity index (χ3v) is 2.30. The van der Waals surface area contributed by atoms with Crippen molar-refractivity contribution in [2.75, 3.05) is 14.2 Å². The number of rotatable bonds is 5. The largest absolute Gasteiger partial charge is 0.449 e. The van der Waals surface area contributed by atoms with Gasteiger partial charge in [0.15, 0.2) is 6.10 Å². The normalized spacial score (nSPS) is 18.6. The number of carbonyl (C=O) groups excluding carboxylic acids is 2. The zero-order chi connectivity index (χ0) is 14.7. The van der Waals surface area contributed by atoms with Crippen LogP contribution in [-0.4, -0.2) is 38.2 Å². The Morgan fingerprint density at radius 3 is 2.11 bits per heavy atom. The molecule has 0 aromatic carbocycles. The van der Waals surface area contributed by atoms with E-state index in [-0.39, 0.29) is 5.41 Å². The van der Waals surface area contributed by atoms with Gasteiger partial charge in [0.25, 0.3) is 0 Å². The van der Waals surface area contributed by atoms with E-state index in [0.717, 1.165) is 0 Å². The highest BCUT2D eigenvalue weighted by Crippen LogP contribution is 2.31. The Hall–Kier alpha value is -1.22. The summed E-state index contributed by atoms with van der Waals surface area (Å²) in [6.07, 6.45) is -0.435. The number of ether oxygens (including phenoxy) is 2. The predicted octanol–water partition coefficient (Wildman–Crippen LogP) is 0.701. The molecule has 1 saturated heterocycles. The summed E-state index contributed by atoms with van der Waals surface area (Å²) in [6, 6.07) is 0. The summed E-state index contributed by atoms with van der Waals surface area (Å²) < 4.78 is 9.56. The van der Waals surface area contributed by atoms with Gasteiger partial charge < -0.3 is 9.47 Å². The third kappa shape index (κ3) is 4.43. The van der Waals surface area contributed by atoms with Crippen molar-refractivity contribution in [3.63, 3.8) is 0 Å². The van der Waals surface area contributed by atoms with Crippen molar-refractivity contribution >= 4 is 11.9 Å². The molecular formula is C11H18O8. The number of carbonyl (C=O) groups is 2. The third-order valence-electron chi connectivity index (χ3n) is 2.30. The maximum absolute atomic E-state index is 11.6. The van der Waals surface area contributed by atoms with Gasteiger partial charge in [0.05, 0.1) is 0 Å². The molecule has 0 N–H and O–H groups in total. The van der Waals surface area contributed by atoms with Crippen molar-refractivity contribution in [2.24, 2.45) is 5.41 Å². The summed E-state index contributed by atoms with van der Waals surface area (Å²) >= 11 is 0. The van der Waals surface area contributed by atoms with E-state index in [0.29, 0.717) is 6.42 Å². The highest BCUT2D eigenvalue weighted by molar-refractivity contribution is 5.79. The second kappa shape index (κ2) is 5.83. The summed E-state index contributed by atoms with van der Waals surface area (Å²) in [5.41, 5.74) is -0.153. The lowest BCUT2D eigenvalue weighted by molar-refractivity contribution is -0.278. The van der Waals surface area contributed by atoms with Gasteiger partial charge in [-0.1, -0.05) is 20.8 Å². The summed E-state index contributed by atoms with van der Waals surface area (Å²) in [4.78, 5) is 40.2. The Kier molecular flexibility index (Phi) is 4.86. The van der Waals surface area contributed by atoms with Gasteiger partial charge in [0.2, 0.25) is 0 Å². The SMILES string of the molecule is COC(CC(C)(C)C)C(=O)OOC(=O)C1(OC)OO1. The smallest absolute Gasteiger partial charge is 0.370 e. The van der Waals surface area contributed by atoms with Crippen LogP contribution in [0.4, 0.5) is 0 Å². The van der Waals surface area contributed by atoms with Gasteiger partial charge in [0.1, 0.15) is 0 Å². The highest BCUT2D eigenvalue weighted by Gasteiger charge is 2.62. The van der Waals surface area contributed by atoms with E-state index in [9.17, 15) is 9.59 Å². The fraction of sp³-hybridized carbons (Fsp3) is 0.818. The van der Waals surface area contributed by atoms with E-state index in [4.69, 9.17) is 4.74 Å². The highest BCUT2D eigenvalue weighted by atomic mass is 17.5. The van der Waals surface area contributed by atoms with Gasteiger partial charge in [-0.2, -0.15) is 9.78 Å². The minimum atomic E-state index is -1.92. The molecule has 1 atom stereocenters. The molecular weight excluding hydrogens is 260 g/mol. The monoisotopic (exact) mass is 278 g/mol. The minimum absolute atomic E-state index is 0.153. The van der Waals surface area contributed by atoms with Crippen LogP contribution >= 0.6 is 0 Å². The van der Waals surface area contributed by atoms with Crippen LogP contribution in [-0.2, 0) is 38.6 Å². The lowest BCUT2D eigenvalue weighted by Gasteiger charge is -2.22. The number of methoxy groups -OCH3 is 2. The van der Waals surface area contributed by atoms with Crippen molar-refractivity contribution in [1.29, 1.82) is 0 Å². The molecule has 1 rings (SSSR count). The van der Waals surface area contributed by atoms with Gasteiger partial charge in [-0.25, -0.2) is 19.4 Å². The first-order chi connectivity index (χ1) is 8.74. The average Bonchev–Trinajstić information content (AvgIpc) is 3.12. The van der Waals surface area contributed by atoms with Crippen molar-refractivity contribution in [2.45, 2.75) is 39.3 Å². The van der Waals surface area contributed by atoms with Gasteiger partial charge in [-0.3, -0.25) is 0 Å². The molecule has 19 heavy (non-hydrogen) atoms. The summed E-state index contributed by atoms with van der Waals surface area (Å²) in [5, 5.41) is 0. The average molecular weight is 278 g/mol. The van der Waals surface area contributed by atoms with Gasteiger partial charge in [-0.05, 0) is 11.8 Å². The quantitative estimate of drug-likeness (QED) is 0.412. The Bertz CT molecular complexity index is 341. The lowest BCUT2D eigenvalue weighted by Crippen LogP contribution is -2.34. The molecule has 8 heteroatoms. The van der Waals surface area contributed by atoms with E-state index in [2.05, 4.69) is 24.3 Å². The van der Waals surface area contributed by atoms with Crippen LogP contribution in [0.25, 0.3) is 0 Å². The molecule has 1 heterocycles. The summed E-state index contributed by atoms with van der Waals surface area (Å²) in [6.45, 7) is 5.80. The molecule has 0 radical (unpaired) electrons.